The number of hydrogen-bond donors (Lipinski definition) is 1. The van der Waals surface area contributed by atoms with Crippen molar-refractivity contribution < 1.29 is 9.13 Å². The first-order valence-corrected chi connectivity index (χ1v) is 6.75. The average molecular weight is 287 g/mol. The molecule has 0 aliphatic carbocycles. The summed E-state index contributed by atoms with van der Waals surface area (Å²) in [4.78, 5) is 0. The molecule has 1 heterocycles. The first-order valence-electron chi connectivity index (χ1n) is 6.75. The van der Waals surface area contributed by atoms with Crippen molar-refractivity contribution in [3.8, 4) is 17.6 Å². The maximum absolute atomic E-state index is 13.8. The van der Waals surface area contributed by atoms with Gasteiger partial charge in [-0.2, -0.15) is 5.10 Å². The maximum atomic E-state index is 13.8. The van der Waals surface area contributed by atoms with E-state index in [1.165, 1.54) is 6.07 Å². The number of nitrogens with two attached hydrogens (primary N) is 1. The van der Waals surface area contributed by atoms with Crippen molar-refractivity contribution in [3.05, 3.63) is 47.5 Å². The molecular formula is C16H18FN3O. The van der Waals surface area contributed by atoms with Gasteiger partial charge in [-0.3, -0.25) is 4.68 Å². The first kappa shape index (κ1) is 15.1. The molecule has 0 saturated heterocycles. The molecule has 0 aliphatic rings. The van der Waals surface area contributed by atoms with Crippen molar-refractivity contribution in [2.45, 2.75) is 26.5 Å². The zero-order valence-electron chi connectivity index (χ0n) is 12.1. The number of benzene rings is 1. The van der Waals surface area contributed by atoms with Gasteiger partial charge < -0.3 is 10.5 Å². The predicted octanol–water partition coefficient (Wildman–Crippen LogP) is 2.49. The predicted molar refractivity (Wildman–Crippen MR) is 79.3 cm³/mol. The average Bonchev–Trinajstić information content (AvgIpc) is 2.93. The van der Waals surface area contributed by atoms with Crippen LogP contribution in [0.1, 0.15) is 31.1 Å². The summed E-state index contributed by atoms with van der Waals surface area (Å²) in [6.45, 7) is 4.60. The molecule has 2 aromatic rings. The molecular weight excluding hydrogens is 269 g/mol. The third-order valence-corrected chi connectivity index (χ3v) is 2.85. The minimum absolute atomic E-state index is 0.205. The highest BCUT2D eigenvalue weighted by atomic mass is 19.1. The van der Waals surface area contributed by atoms with Gasteiger partial charge in [0.15, 0.2) is 0 Å². The van der Waals surface area contributed by atoms with Crippen LogP contribution in [0.15, 0.2) is 30.5 Å². The number of hydrogen-bond acceptors (Lipinski definition) is 3. The van der Waals surface area contributed by atoms with Crippen LogP contribution >= 0.6 is 0 Å². The number of aromatic nitrogens is 2. The molecule has 0 radical (unpaired) electrons. The minimum atomic E-state index is -0.416. The molecule has 0 fully saturated rings. The highest BCUT2D eigenvalue weighted by molar-refractivity contribution is 5.39. The second kappa shape index (κ2) is 6.91. The highest BCUT2D eigenvalue weighted by Gasteiger charge is 2.05. The fraction of sp³-hybridized carbons (Fsp3) is 0.312. The van der Waals surface area contributed by atoms with Gasteiger partial charge >= 0.3 is 0 Å². The van der Waals surface area contributed by atoms with Crippen LogP contribution in [0.4, 0.5) is 4.39 Å². The fourth-order valence-corrected chi connectivity index (χ4v) is 1.73. The molecule has 5 heteroatoms. The van der Waals surface area contributed by atoms with E-state index < -0.39 is 5.82 Å². The number of ether oxygens (including phenoxy) is 1. The quantitative estimate of drug-likeness (QED) is 0.879. The fourth-order valence-electron chi connectivity index (χ4n) is 1.73. The summed E-state index contributed by atoms with van der Waals surface area (Å²) >= 11 is 0. The SMILES string of the molecule is CC(C)n1ccc(COc2ccc(C#CCN)c(F)c2)n1. The summed E-state index contributed by atoms with van der Waals surface area (Å²) in [5.74, 6) is 5.32. The Balaban J connectivity index is 2.01. The monoisotopic (exact) mass is 287 g/mol. The van der Waals surface area contributed by atoms with E-state index in [9.17, 15) is 4.39 Å². The van der Waals surface area contributed by atoms with Crippen molar-refractivity contribution in [1.82, 2.24) is 9.78 Å². The third-order valence-electron chi connectivity index (χ3n) is 2.85. The van der Waals surface area contributed by atoms with Gasteiger partial charge in [0, 0.05) is 18.3 Å². The lowest BCUT2D eigenvalue weighted by Gasteiger charge is -2.06. The highest BCUT2D eigenvalue weighted by Crippen LogP contribution is 2.17. The molecule has 0 atom stereocenters. The van der Waals surface area contributed by atoms with E-state index in [2.05, 4.69) is 16.9 Å². The lowest BCUT2D eigenvalue weighted by Crippen LogP contribution is -2.03. The van der Waals surface area contributed by atoms with E-state index in [4.69, 9.17) is 10.5 Å². The lowest BCUT2D eigenvalue weighted by molar-refractivity contribution is 0.297. The zero-order chi connectivity index (χ0) is 15.2. The lowest BCUT2D eigenvalue weighted by atomic mass is 10.2. The molecule has 21 heavy (non-hydrogen) atoms. The first-order chi connectivity index (χ1) is 10.1. The van der Waals surface area contributed by atoms with Crippen LogP contribution in [0.5, 0.6) is 5.75 Å². The Morgan fingerprint density at radius 3 is 2.81 bits per heavy atom. The topological polar surface area (TPSA) is 53.1 Å². The van der Waals surface area contributed by atoms with E-state index in [0.717, 1.165) is 5.69 Å². The van der Waals surface area contributed by atoms with Gasteiger partial charge in [0.1, 0.15) is 18.2 Å². The standard InChI is InChI=1S/C16H18FN3O/c1-12(2)20-9-7-14(19-20)11-21-15-6-5-13(4-3-8-18)16(17)10-15/h5-7,9-10,12H,8,11,18H2,1-2H3. The van der Waals surface area contributed by atoms with Crippen molar-refractivity contribution in [2.24, 2.45) is 5.73 Å². The Hall–Kier alpha value is -2.32. The second-order valence-corrected chi connectivity index (χ2v) is 4.82. The summed E-state index contributed by atoms with van der Waals surface area (Å²) in [5.41, 5.74) is 6.38. The molecule has 0 unspecified atom stereocenters. The molecule has 2 rings (SSSR count). The molecule has 110 valence electrons. The van der Waals surface area contributed by atoms with Gasteiger partial charge in [0.05, 0.1) is 17.8 Å². The van der Waals surface area contributed by atoms with Gasteiger partial charge in [-0.25, -0.2) is 4.39 Å². The molecule has 1 aromatic carbocycles. The van der Waals surface area contributed by atoms with Gasteiger partial charge in [-0.15, -0.1) is 0 Å². The summed E-state index contributed by atoms with van der Waals surface area (Å²) in [5, 5.41) is 4.37. The van der Waals surface area contributed by atoms with Crippen molar-refractivity contribution in [3.63, 3.8) is 0 Å². The Labute approximate surface area is 123 Å². The van der Waals surface area contributed by atoms with Crippen molar-refractivity contribution in [2.75, 3.05) is 6.54 Å². The summed E-state index contributed by atoms with van der Waals surface area (Å²) in [6.07, 6.45) is 1.90. The van der Waals surface area contributed by atoms with Crippen LogP contribution < -0.4 is 10.5 Å². The smallest absolute Gasteiger partial charge is 0.142 e. The second-order valence-electron chi connectivity index (χ2n) is 4.82. The van der Waals surface area contributed by atoms with Crippen LogP contribution in [0.2, 0.25) is 0 Å². The molecule has 0 aliphatic heterocycles. The Morgan fingerprint density at radius 1 is 1.38 bits per heavy atom. The molecule has 0 bridgehead atoms. The Bertz CT molecular complexity index is 668. The van der Waals surface area contributed by atoms with E-state index in [1.807, 2.05) is 30.8 Å². The van der Waals surface area contributed by atoms with E-state index in [1.54, 1.807) is 12.1 Å². The number of rotatable bonds is 4. The van der Waals surface area contributed by atoms with Crippen LogP contribution in [-0.4, -0.2) is 16.3 Å². The molecule has 0 spiro atoms. The van der Waals surface area contributed by atoms with E-state index in [0.29, 0.717) is 24.0 Å². The van der Waals surface area contributed by atoms with Crippen LogP contribution in [-0.2, 0) is 6.61 Å². The van der Waals surface area contributed by atoms with Crippen LogP contribution in [0.25, 0.3) is 0 Å². The molecule has 4 nitrogen and oxygen atoms in total. The van der Waals surface area contributed by atoms with Crippen LogP contribution in [0, 0.1) is 17.7 Å². The molecule has 2 N–H and O–H groups in total. The van der Waals surface area contributed by atoms with Crippen molar-refractivity contribution in [1.29, 1.82) is 0 Å². The zero-order valence-corrected chi connectivity index (χ0v) is 12.1. The van der Waals surface area contributed by atoms with E-state index >= 15 is 0 Å². The van der Waals surface area contributed by atoms with Crippen molar-refractivity contribution >= 4 is 0 Å². The summed E-state index contributed by atoms with van der Waals surface area (Å²) in [7, 11) is 0. The molecule has 0 saturated carbocycles. The maximum Gasteiger partial charge on any atom is 0.142 e. The largest absolute Gasteiger partial charge is 0.487 e. The van der Waals surface area contributed by atoms with Crippen LogP contribution in [0.3, 0.4) is 0 Å². The molecule has 0 amide bonds. The molecule has 1 aromatic heterocycles. The van der Waals surface area contributed by atoms with Gasteiger partial charge in [0.25, 0.3) is 0 Å². The number of halogens is 1. The Kier molecular flexibility index (Phi) is 4.96. The summed E-state index contributed by atoms with van der Waals surface area (Å²) < 4.78 is 21.2. The van der Waals surface area contributed by atoms with Gasteiger partial charge in [0.2, 0.25) is 0 Å². The van der Waals surface area contributed by atoms with Gasteiger partial charge in [-0.05, 0) is 32.0 Å². The Morgan fingerprint density at radius 2 is 2.19 bits per heavy atom. The van der Waals surface area contributed by atoms with Gasteiger partial charge in [-0.1, -0.05) is 11.8 Å². The minimum Gasteiger partial charge on any atom is -0.487 e. The summed E-state index contributed by atoms with van der Waals surface area (Å²) in [6, 6.07) is 6.78. The van der Waals surface area contributed by atoms with E-state index in [-0.39, 0.29) is 6.54 Å². The number of nitrogens with zero attached hydrogens (tertiary/aromatic N) is 2. The third kappa shape index (κ3) is 4.07. The normalized spacial score (nSPS) is 10.3.